The van der Waals surface area contributed by atoms with E-state index in [4.69, 9.17) is 9.97 Å². The molecule has 0 unspecified atom stereocenters. The van der Waals surface area contributed by atoms with E-state index in [1.165, 1.54) is 82.4 Å². The van der Waals surface area contributed by atoms with Gasteiger partial charge in [-0.1, -0.05) is 220 Å². The van der Waals surface area contributed by atoms with Crippen molar-refractivity contribution in [2.75, 3.05) is 0 Å². The van der Waals surface area contributed by atoms with Crippen LogP contribution < -0.4 is 0 Å². The van der Waals surface area contributed by atoms with Crippen LogP contribution in [0.25, 0.3) is 111 Å². The first-order chi connectivity index (χ1) is 31.0. The molecule has 1 aliphatic carbocycles. The van der Waals surface area contributed by atoms with Crippen LogP contribution in [0, 0.1) is 0 Å². The van der Waals surface area contributed by atoms with E-state index < -0.39 is 0 Å². The van der Waals surface area contributed by atoms with Crippen LogP contribution in [0.2, 0.25) is 0 Å². The summed E-state index contributed by atoms with van der Waals surface area (Å²) in [4.78, 5) is 10.3. The lowest BCUT2D eigenvalue weighted by atomic mass is 9.82. The highest BCUT2D eigenvalue weighted by molar-refractivity contribution is 6.20. The second-order valence-corrected chi connectivity index (χ2v) is 17.3. The van der Waals surface area contributed by atoms with Gasteiger partial charge < -0.3 is 0 Å². The Morgan fingerprint density at radius 1 is 0.302 bits per heavy atom. The monoisotopic (exact) mass is 802 g/mol. The summed E-state index contributed by atoms with van der Waals surface area (Å²) in [6, 6.07) is 79.1. The van der Waals surface area contributed by atoms with Gasteiger partial charge in [-0.05, 0) is 100 Å². The highest BCUT2D eigenvalue weighted by Gasteiger charge is 2.36. The molecule has 0 saturated carbocycles. The molecule has 0 N–H and O–H groups in total. The summed E-state index contributed by atoms with van der Waals surface area (Å²) < 4.78 is 0. The average Bonchev–Trinajstić information content (AvgIpc) is 3.59. The summed E-state index contributed by atoms with van der Waals surface area (Å²) >= 11 is 0. The second-order valence-electron chi connectivity index (χ2n) is 17.3. The van der Waals surface area contributed by atoms with E-state index in [0.29, 0.717) is 5.82 Å². The first kappa shape index (κ1) is 36.9. The fourth-order valence-corrected chi connectivity index (χ4v) is 10.1. The van der Waals surface area contributed by atoms with Crippen LogP contribution in [0.3, 0.4) is 0 Å². The van der Waals surface area contributed by atoms with Crippen LogP contribution in [0.5, 0.6) is 0 Å². The lowest BCUT2D eigenvalue weighted by Gasteiger charge is -2.21. The SMILES string of the molecule is CC1(C)c2ccccc2-c2c(-c3ccc(-c4cc(-c5ccc(-c6ccc(-c7c8ccccc8cc8c7ccc7ccccc78)cc6)cc5)nc(-c5ccccc5)n4)cc3)cccc21. The summed E-state index contributed by atoms with van der Waals surface area (Å²) in [6.07, 6.45) is 0. The predicted octanol–water partition coefficient (Wildman–Crippen LogP) is 16.2. The Labute approximate surface area is 367 Å². The van der Waals surface area contributed by atoms with Gasteiger partial charge in [-0.2, -0.15) is 0 Å². The fraction of sp³-hybridized carbons (Fsp3) is 0.0492. The molecule has 0 aliphatic heterocycles. The summed E-state index contributed by atoms with van der Waals surface area (Å²) in [5, 5.41) is 7.62. The molecule has 0 saturated heterocycles. The number of benzene rings is 10. The molecule has 0 amide bonds. The minimum Gasteiger partial charge on any atom is -0.228 e. The molecule has 1 heterocycles. The van der Waals surface area contributed by atoms with E-state index in [-0.39, 0.29) is 5.41 Å². The van der Waals surface area contributed by atoms with Gasteiger partial charge in [0.15, 0.2) is 5.82 Å². The fourth-order valence-electron chi connectivity index (χ4n) is 10.1. The predicted molar refractivity (Wildman–Crippen MR) is 265 cm³/mol. The molecule has 1 aromatic heterocycles. The maximum Gasteiger partial charge on any atom is 0.160 e. The summed E-state index contributed by atoms with van der Waals surface area (Å²) in [7, 11) is 0. The van der Waals surface area contributed by atoms with E-state index >= 15 is 0 Å². The van der Waals surface area contributed by atoms with Crippen molar-refractivity contribution < 1.29 is 0 Å². The zero-order valence-electron chi connectivity index (χ0n) is 35.2. The smallest absolute Gasteiger partial charge is 0.160 e. The minimum absolute atomic E-state index is 0.0416. The van der Waals surface area contributed by atoms with Crippen molar-refractivity contribution in [1.29, 1.82) is 0 Å². The second kappa shape index (κ2) is 14.6. The van der Waals surface area contributed by atoms with Gasteiger partial charge in [-0.15, -0.1) is 0 Å². The maximum atomic E-state index is 5.15. The first-order valence-corrected chi connectivity index (χ1v) is 21.8. The lowest BCUT2D eigenvalue weighted by Crippen LogP contribution is -2.14. The Kier molecular flexibility index (Phi) is 8.55. The van der Waals surface area contributed by atoms with Crippen LogP contribution >= 0.6 is 0 Å². The Morgan fingerprint density at radius 2 is 0.841 bits per heavy atom. The third kappa shape index (κ3) is 6.17. The van der Waals surface area contributed by atoms with Gasteiger partial charge in [-0.3, -0.25) is 0 Å². The van der Waals surface area contributed by atoms with Crippen LogP contribution in [-0.4, -0.2) is 9.97 Å². The molecule has 0 fully saturated rings. The number of rotatable bonds is 6. The van der Waals surface area contributed by atoms with Crippen molar-refractivity contribution in [3.05, 3.63) is 230 Å². The molecule has 11 aromatic rings. The van der Waals surface area contributed by atoms with E-state index in [1.54, 1.807) is 0 Å². The van der Waals surface area contributed by atoms with E-state index in [0.717, 1.165) is 33.6 Å². The van der Waals surface area contributed by atoms with E-state index in [9.17, 15) is 0 Å². The standard InChI is InChI=1S/C61H42N2/c1-61(2)54-21-11-10-19-52(54)59-49(20-12-22-55(59)61)42-27-31-44(32-28-42)57-38-56(62-60(63-57)46-14-4-3-5-15-46)43-29-23-39(24-30-43)40-25-33-45(34-26-40)58-50-18-9-7-16-47(50)37-53-48-17-8-6-13-41(48)35-36-51(53)58/h3-38H,1-2H3. The molecule has 63 heavy (non-hydrogen) atoms. The summed E-state index contributed by atoms with van der Waals surface area (Å²) in [5.41, 5.74) is 17.5. The molecule has 0 bridgehead atoms. The van der Waals surface area contributed by atoms with Crippen molar-refractivity contribution in [2.24, 2.45) is 0 Å². The Morgan fingerprint density at radius 3 is 1.56 bits per heavy atom. The van der Waals surface area contributed by atoms with Gasteiger partial charge in [0.25, 0.3) is 0 Å². The molecular weight excluding hydrogens is 761 g/mol. The van der Waals surface area contributed by atoms with Crippen molar-refractivity contribution in [3.8, 4) is 78.4 Å². The van der Waals surface area contributed by atoms with Gasteiger partial charge in [0.2, 0.25) is 0 Å². The van der Waals surface area contributed by atoms with Crippen molar-refractivity contribution in [2.45, 2.75) is 19.3 Å². The number of aromatic nitrogens is 2. The molecule has 0 atom stereocenters. The summed E-state index contributed by atoms with van der Waals surface area (Å²) in [5.74, 6) is 0.709. The largest absolute Gasteiger partial charge is 0.228 e. The van der Waals surface area contributed by atoms with Crippen molar-refractivity contribution in [1.82, 2.24) is 9.97 Å². The Hall–Kier alpha value is -7.94. The molecular formula is C61H42N2. The third-order valence-electron chi connectivity index (χ3n) is 13.3. The first-order valence-electron chi connectivity index (χ1n) is 21.8. The van der Waals surface area contributed by atoms with Gasteiger partial charge in [0.05, 0.1) is 11.4 Å². The molecule has 0 spiro atoms. The number of hydrogen-bond acceptors (Lipinski definition) is 2. The average molecular weight is 803 g/mol. The van der Waals surface area contributed by atoms with Gasteiger partial charge in [0, 0.05) is 22.1 Å². The molecule has 12 rings (SSSR count). The van der Waals surface area contributed by atoms with Gasteiger partial charge in [-0.25, -0.2) is 9.97 Å². The Balaban J connectivity index is 0.884. The number of fused-ring (bicyclic) bond motifs is 7. The van der Waals surface area contributed by atoms with E-state index in [2.05, 4.69) is 214 Å². The number of nitrogens with zero attached hydrogens (tertiary/aromatic N) is 2. The molecule has 296 valence electrons. The molecule has 2 nitrogen and oxygen atoms in total. The Bertz CT molecular complexity index is 3550. The zero-order chi connectivity index (χ0) is 42.1. The third-order valence-corrected chi connectivity index (χ3v) is 13.3. The summed E-state index contributed by atoms with van der Waals surface area (Å²) in [6.45, 7) is 4.67. The van der Waals surface area contributed by atoms with Crippen LogP contribution in [0.4, 0.5) is 0 Å². The van der Waals surface area contributed by atoms with E-state index in [1.807, 2.05) is 18.2 Å². The van der Waals surface area contributed by atoms with Crippen molar-refractivity contribution in [3.63, 3.8) is 0 Å². The normalized spacial score (nSPS) is 12.7. The lowest BCUT2D eigenvalue weighted by molar-refractivity contribution is 0.660. The quantitative estimate of drug-likeness (QED) is 0.124. The molecule has 1 aliphatic rings. The highest BCUT2D eigenvalue weighted by Crippen LogP contribution is 2.52. The molecule has 0 radical (unpaired) electrons. The molecule has 2 heteroatoms. The molecule has 10 aromatic carbocycles. The highest BCUT2D eigenvalue weighted by atomic mass is 14.9. The van der Waals surface area contributed by atoms with Crippen LogP contribution in [-0.2, 0) is 5.41 Å². The number of hydrogen-bond donors (Lipinski definition) is 0. The van der Waals surface area contributed by atoms with Gasteiger partial charge in [0.1, 0.15) is 0 Å². The minimum atomic E-state index is -0.0416. The zero-order valence-corrected chi connectivity index (χ0v) is 35.2. The topological polar surface area (TPSA) is 25.8 Å². The van der Waals surface area contributed by atoms with Crippen LogP contribution in [0.1, 0.15) is 25.0 Å². The maximum absolute atomic E-state index is 5.15. The van der Waals surface area contributed by atoms with Crippen LogP contribution in [0.15, 0.2) is 218 Å². The van der Waals surface area contributed by atoms with Gasteiger partial charge >= 0.3 is 0 Å². The van der Waals surface area contributed by atoms with Crippen molar-refractivity contribution >= 4 is 32.3 Å².